The second-order valence-electron chi connectivity index (χ2n) is 5.17. The van der Waals surface area contributed by atoms with E-state index in [1.54, 1.807) is 6.20 Å². The lowest BCUT2D eigenvalue weighted by molar-refractivity contribution is 0.461. The summed E-state index contributed by atoms with van der Waals surface area (Å²) in [6.45, 7) is 0.659. The van der Waals surface area contributed by atoms with Crippen LogP contribution in [-0.4, -0.2) is 36.6 Å². The van der Waals surface area contributed by atoms with Gasteiger partial charge in [-0.3, -0.25) is 0 Å². The lowest BCUT2D eigenvalue weighted by Gasteiger charge is -2.24. The first-order valence-corrected chi connectivity index (χ1v) is 6.67. The van der Waals surface area contributed by atoms with Crippen molar-refractivity contribution in [1.82, 2.24) is 9.97 Å². The fourth-order valence-electron chi connectivity index (χ4n) is 2.56. The van der Waals surface area contributed by atoms with Crippen LogP contribution in [0, 0.1) is 5.92 Å². The van der Waals surface area contributed by atoms with E-state index < -0.39 is 0 Å². The fraction of sp³-hybridized carbons (Fsp3) is 0.692. The van der Waals surface area contributed by atoms with Gasteiger partial charge in [-0.2, -0.15) is 4.98 Å². The number of nitrogens with one attached hydrogen (secondary N) is 1. The summed E-state index contributed by atoms with van der Waals surface area (Å²) in [6.07, 6.45) is 7.00. The minimum Gasteiger partial charge on any atom is -0.366 e. The van der Waals surface area contributed by atoms with Crippen LogP contribution >= 0.6 is 0 Å². The van der Waals surface area contributed by atoms with Crippen LogP contribution in [0.25, 0.3) is 0 Å². The standard InChI is InChI=1S/C13H23N5/c1-18(2)13-15-8-7-12(17-13)16-11(9-14)10-5-3-4-6-10/h7-8,10-11H,3-6,9,14H2,1-2H3,(H,15,16,17). The van der Waals surface area contributed by atoms with E-state index in [0.29, 0.717) is 18.5 Å². The van der Waals surface area contributed by atoms with Crippen molar-refractivity contribution in [3.63, 3.8) is 0 Å². The Bertz CT molecular complexity index is 373. The summed E-state index contributed by atoms with van der Waals surface area (Å²) in [7, 11) is 3.88. The van der Waals surface area contributed by atoms with E-state index in [1.165, 1.54) is 25.7 Å². The maximum atomic E-state index is 5.88. The summed E-state index contributed by atoms with van der Waals surface area (Å²) < 4.78 is 0. The Labute approximate surface area is 109 Å². The molecule has 1 aliphatic rings. The van der Waals surface area contributed by atoms with Gasteiger partial charge in [0.25, 0.3) is 0 Å². The van der Waals surface area contributed by atoms with E-state index in [0.717, 1.165) is 11.8 Å². The van der Waals surface area contributed by atoms with Crippen LogP contribution < -0.4 is 16.0 Å². The van der Waals surface area contributed by atoms with Gasteiger partial charge in [0.15, 0.2) is 0 Å². The molecule has 1 unspecified atom stereocenters. The van der Waals surface area contributed by atoms with Gasteiger partial charge >= 0.3 is 0 Å². The molecule has 1 aromatic heterocycles. The van der Waals surface area contributed by atoms with Gasteiger partial charge < -0.3 is 16.0 Å². The van der Waals surface area contributed by atoms with E-state index in [2.05, 4.69) is 15.3 Å². The van der Waals surface area contributed by atoms with Crippen LogP contribution in [0.15, 0.2) is 12.3 Å². The molecule has 0 aromatic carbocycles. The highest BCUT2D eigenvalue weighted by Crippen LogP contribution is 2.28. The van der Waals surface area contributed by atoms with Crippen molar-refractivity contribution in [3.8, 4) is 0 Å². The fourth-order valence-corrected chi connectivity index (χ4v) is 2.56. The molecule has 0 saturated heterocycles. The molecule has 1 aromatic rings. The molecule has 1 aliphatic carbocycles. The molecule has 18 heavy (non-hydrogen) atoms. The molecule has 1 saturated carbocycles. The Kier molecular flexibility index (Phi) is 4.36. The first-order valence-electron chi connectivity index (χ1n) is 6.67. The molecule has 5 nitrogen and oxygen atoms in total. The summed E-state index contributed by atoms with van der Waals surface area (Å²) in [5.41, 5.74) is 5.88. The molecule has 0 aliphatic heterocycles. The molecule has 3 N–H and O–H groups in total. The molecule has 0 bridgehead atoms. The number of hydrogen-bond donors (Lipinski definition) is 2. The predicted octanol–water partition coefficient (Wildman–Crippen LogP) is 1.47. The zero-order valence-corrected chi connectivity index (χ0v) is 11.3. The topological polar surface area (TPSA) is 67.1 Å². The minimum atomic E-state index is 0.331. The van der Waals surface area contributed by atoms with Gasteiger partial charge in [0.1, 0.15) is 5.82 Å². The molecule has 100 valence electrons. The van der Waals surface area contributed by atoms with Crippen molar-refractivity contribution in [1.29, 1.82) is 0 Å². The zero-order valence-electron chi connectivity index (χ0n) is 11.3. The third-order valence-corrected chi connectivity index (χ3v) is 3.60. The number of hydrogen-bond acceptors (Lipinski definition) is 5. The number of rotatable bonds is 5. The zero-order chi connectivity index (χ0) is 13.0. The van der Waals surface area contributed by atoms with E-state index in [1.807, 2.05) is 25.1 Å². The second-order valence-corrected chi connectivity index (χ2v) is 5.17. The number of anilines is 2. The van der Waals surface area contributed by atoms with Crippen molar-refractivity contribution in [2.24, 2.45) is 11.7 Å². The van der Waals surface area contributed by atoms with Gasteiger partial charge in [-0.15, -0.1) is 0 Å². The average molecular weight is 249 g/mol. The van der Waals surface area contributed by atoms with Crippen LogP contribution in [0.2, 0.25) is 0 Å². The Hall–Kier alpha value is -1.36. The highest BCUT2D eigenvalue weighted by molar-refractivity contribution is 5.41. The third-order valence-electron chi connectivity index (χ3n) is 3.60. The van der Waals surface area contributed by atoms with Crippen LogP contribution in [0.5, 0.6) is 0 Å². The Morgan fingerprint density at radius 1 is 1.44 bits per heavy atom. The van der Waals surface area contributed by atoms with Crippen LogP contribution in [0.4, 0.5) is 11.8 Å². The first kappa shape index (κ1) is 13.1. The van der Waals surface area contributed by atoms with Gasteiger partial charge in [0, 0.05) is 32.9 Å². The second kappa shape index (κ2) is 6.00. The van der Waals surface area contributed by atoms with Gasteiger partial charge in [0.05, 0.1) is 0 Å². The Morgan fingerprint density at radius 3 is 2.78 bits per heavy atom. The molecule has 0 radical (unpaired) electrons. The molecule has 1 heterocycles. The van der Waals surface area contributed by atoms with Crippen LogP contribution in [0.1, 0.15) is 25.7 Å². The Morgan fingerprint density at radius 2 is 2.17 bits per heavy atom. The lowest BCUT2D eigenvalue weighted by Crippen LogP contribution is -2.35. The molecule has 0 amide bonds. The van der Waals surface area contributed by atoms with Crippen molar-refractivity contribution in [3.05, 3.63) is 12.3 Å². The highest BCUT2D eigenvalue weighted by atomic mass is 15.2. The van der Waals surface area contributed by atoms with Crippen molar-refractivity contribution in [2.45, 2.75) is 31.7 Å². The third kappa shape index (κ3) is 3.10. The summed E-state index contributed by atoms with van der Waals surface area (Å²) in [6, 6.07) is 2.24. The minimum absolute atomic E-state index is 0.331. The lowest BCUT2D eigenvalue weighted by atomic mass is 9.98. The summed E-state index contributed by atoms with van der Waals surface area (Å²) in [5.74, 6) is 2.28. The number of nitrogens with two attached hydrogens (primary N) is 1. The Balaban J connectivity index is 2.04. The SMILES string of the molecule is CN(C)c1nccc(NC(CN)C2CCCC2)n1. The monoisotopic (exact) mass is 249 g/mol. The van der Waals surface area contributed by atoms with E-state index in [9.17, 15) is 0 Å². The van der Waals surface area contributed by atoms with Gasteiger partial charge in [0.2, 0.25) is 5.95 Å². The molecule has 1 atom stereocenters. The maximum absolute atomic E-state index is 5.88. The number of nitrogens with zero attached hydrogens (tertiary/aromatic N) is 3. The highest BCUT2D eigenvalue weighted by Gasteiger charge is 2.24. The van der Waals surface area contributed by atoms with Crippen LogP contribution in [0.3, 0.4) is 0 Å². The summed E-state index contributed by atoms with van der Waals surface area (Å²) in [5, 5.41) is 3.46. The van der Waals surface area contributed by atoms with Crippen molar-refractivity contribution < 1.29 is 0 Å². The molecule has 0 spiro atoms. The predicted molar refractivity (Wildman–Crippen MR) is 74.8 cm³/mol. The summed E-state index contributed by atoms with van der Waals surface area (Å²) >= 11 is 0. The van der Waals surface area contributed by atoms with Gasteiger partial charge in [-0.1, -0.05) is 12.8 Å². The van der Waals surface area contributed by atoms with Crippen molar-refractivity contribution in [2.75, 3.05) is 30.9 Å². The molecule has 1 fully saturated rings. The van der Waals surface area contributed by atoms with Gasteiger partial charge in [-0.05, 0) is 24.8 Å². The van der Waals surface area contributed by atoms with E-state index >= 15 is 0 Å². The normalized spacial score (nSPS) is 17.7. The average Bonchev–Trinajstić information content (AvgIpc) is 2.90. The quantitative estimate of drug-likeness (QED) is 0.827. The van der Waals surface area contributed by atoms with Gasteiger partial charge in [-0.25, -0.2) is 4.98 Å². The summed E-state index contributed by atoms with van der Waals surface area (Å²) in [4.78, 5) is 10.6. The first-order chi connectivity index (χ1) is 8.70. The van der Waals surface area contributed by atoms with Crippen LogP contribution in [-0.2, 0) is 0 Å². The number of aromatic nitrogens is 2. The maximum Gasteiger partial charge on any atom is 0.226 e. The molecule has 2 rings (SSSR count). The van der Waals surface area contributed by atoms with Crippen molar-refractivity contribution >= 4 is 11.8 Å². The molecular weight excluding hydrogens is 226 g/mol. The smallest absolute Gasteiger partial charge is 0.226 e. The largest absolute Gasteiger partial charge is 0.366 e. The van der Waals surface area contributed by atoms with E-state index in [-0.39, 0.29) is 0 Å². The molecular formula is C13H23N5. The van der Waals surface area contributed by atoms with E-state index in [4.69, 9.17) is 5.73 Å². The molecule has 5 heteroatoms.